The van der Waals surface area contributed by atoms with E-state index in [1.165, 1.54) is 0 Å². The summed E-state index contributed by atoms with van der Waals surface area (Å²) in [4.78, 5) is 6.74. The Balaban J connectivity index is 1.40. The highest BCUT2D eigenvalue weighted by Gasteiger charge is 2.20. The van der Waals surface area contributed by atoms with Crippen LogP contribution < -0.4 is 0 Å². The van der Waals surface area contributed by atoms with Crippen LogP contribution in [0.4, 0.5) is 0 Å². The quantitative estimate of drug-likeness (QED) is 0.819. The fraction of sp³-hybridized carbons (Fsp3) is 0.500. The highest BCUT2D eigenvalue weighted by molar-refractivity contribution is 5.07. The molecular formula is C18H24N2O2. The van der Waals surface area contributed by atoms with Crippen molar-refractivity contribution in [2.24, 2.45) is 0 Å². The molecule has 0 aliphatic carbocycles. The van der Waals surface area contributed by atoms with Gasteiger partial charge >= 0.3 is 0 Å². The number of piperidine rings is 1. The van der Waals surface area contributed by atoms with Crippen LogP contribution in [0.1, 0.15) is 37.0 Å². The van der Waals surface area contributed by atoms with Crippen LogP contribution >= 0.6 is 0 Å². The van der Waals surface area contributed by atoms with E-state index in [4.69, 9.17) is 9.15 Å². The van der Waals surface area contributed by atoms with E-state index in [9.17, 15) is 0 Å². The van der Waals surface area contributed by atoms with Crippen LogP contribution in [0, 0.1) is 0 Å². The van der Waals surface area contributed by atoms with Gasteiger partial charge in [0.15, 0.2) is 0 Å². The minimum absolute atomic E-state index is 0.348. The molecule has 4 nitrogen and oxygen atoms in total. The molecular weight excluding hydrogens is 276 g/mol. The third kappa shape index (κ3) is 4.18. The summed E-state index contributed by atoms with van der Waals surface area (Å²) in [5.41, 5.74) is 1.01. The number of likely N-dealkylation sites (tertiary alicyclic amines) is 1. The molecule has 3 rings (SSSR count). The Hall–Kier alpha value is -1.65. The van der Waals surface area contributed by atoms with Crippen molar-refractivity contribution in [2.75, 3.05) is 13.1 Å². The maximum atomic E-state index is 5.98. The predicted octanol–water partition coefficient (Wildman–Crippen LogP) is 3.42. The molecule has 4 heteroatoms. The van der Waals surface area contributed by atoms with Crippen molar-refractivity contribution in [3.8, 4) is 0 Å². The molecule has 2 aromatic rings. The molecule has 0 unspecified atom stereocenters. The Labute approximate surface area is 132 Å². The number of hydrogen-bond acceptors (Lipinski definition) is 4. The molecule has 0 saturated carbocycles. The van der Waals surface area contributed by atoms with Gasteiger partial charge in [0.05, 0.1) is 24.9 Å². The van der Waals surface area contributed by atoms with Gasteiger partial charge in [0.25, 0.3) is 0 Å². The molecule has 3 heterocycles. The summed E-state index contributed by atoms with van der Waals surface area (Å²) in [6, 6.07) is 10.1. The summed E-state index contributed by atoms with van der Waals surface area (Å²) < 4.78 is 11.8. The number of hydrogen-bond donors (Lipinski definition) is 0. The van der Waals surface area contributed by atoms with Gasteiger partial charge in [-0.2, -0.15) is 0 Å². The first-order chi connectivity index (χ1) is 10.8. The number of aromatic nitrogens is 1. The number of aryl methyl sites for hydroxylation is 1. The molecule has 0 N–H and O–H groups in total. The van der Waals surface area contributed by atoms with Gasteiger partial charge in [0.2, 0.25) is 0 Å². The normalized spacial score (nSPS) is 17.0. The number of furan rings is 1. The Morgan fingerprint density at radius 3 is 2.68 bits per heavy atom. The monoisotopic (exact) mass is 300 g/mol. The first kappa shape index (κ1) is 15.3. The third-order valence-electron chi connectivity index (χ3n) is 4.17. The number of rotatable bonds is 6. The second-order valence-electron chi connectivity index (χ2n) is 5.83. The zero-order chi connectivity index (χ0) is 15.2. The summed E-state index contributed by atoms with van der Waals surface area (Å²) in [5.74, 6) is 2.15. The van der Waals surface area contributed by atoms with E-state index in [-0.39, 0.29) is 0 Å². The van der Waals surface area contributed by atoms with E-state index in [1.54, 1.807) is 0 Å². The summed E-state index contributed by atoms with van der Waals surface area (Å²) in [7, 11) is 0. The largest absolute Gasteiger partial charge is 0.465 e. The SMILES string of the molecule is CCc1ccc(CN2CCC(OCc3ccccn3)CC2)o1. The number of pyridine rings is 1. The van der Waals surface area contributed by atoms with Crippen molar-refractivity contribution in [2.45, 2.75) is 45.4 Å². The minimum Gasteiger partial charge on any atom is -0.465 e. The van der Waals surface area contributed by atoms with Gasteiger partial charge in [0.1, 0.15) is 11.5 Å². The van der Waals surface area contributed by atoms with Crippen LogP contribution in [0.3, 0.4) is 0 Å². The Morgan fingerprint density at radius 1 is 1.18 bits per heavy atom. The van der Waals surface area contributed by atoms with Crippen molar-refractivity contribution in [3.05, 3.63) is 53.7 Å². The molecule has 1 fully saturated rings. The summed E-state index contributed by atoms with van der Waals surface area (Å²) in [5, 5.41) is 0. The number of nitrogens with zero attached hydrogens (tertiary/aromatic N) is 2. The van der Waals surface area contributed by atoms with Crippen LogP contribution in [0.2, 0.25) is 0 Å². The van der Waals surface area contributed by atoms with Crippen LogP contribution in [-0.2, 0) is 24.3 Å². The van der Waals surface area contributed by atoms with Crippen molar-refractivity contribution < 1.29 is 9.15 Å². The van der Waals surface area contributed by atoms with E-state index in [0.717, 1.165) is 56.1 Å². The van der Waals surface area contributed by atoms with E-state index in [1.807, 2.05) is 24.4 Å². The van der Waals surface area contributed by atoms with Crippen molar-refractivity contribution in [1.82, 2.24) is 9.88 Å². The topological polar surface area (TPSA) is 38.5 Å². The molecule has 0 spiro atoms. The first-order valence-electron chi connectivity index (χ1n) is 8.15. The van der Waals surface area contributed by atoms with Crippen LogP contribution in [-0.4, -0.2) is 29.1 Å². The fourth-order valence-corrected chi connectivity index (χ4v) is 2.84. The lowest BCUT2D eigenvalue weighted by Crippen LogP contribution is -2.36. The van der Waals surface area contributed by atoms with Gasteiger partial charge in [-0.05, 0) is 37.1 Å². The second kappa shape index (κ2) is 7.56. The molecule has 22 heavy (non-hydrogen) atoms. The average molecular weight is 300 g/mol. The molecule has 0 amide bonds. The maximum absolute atomic E-state index is 5.98. The number of ether oxygens (including phenoxy) is 1. The van der Waals surface area contributed by atoms with E-state index < -0.39 is 0 Å². The van der Waals surface area contributed by atoms with Crippen LogP contribution in [0.25, 0.3) is 0 Å². The molecule has 118 valence electrons. The average Bonchev–Trinajstić information content (AvgIpc) is 3.03. The lowest BCUT2D eigenvalue weighted by Gasteiger charge is -2.31. The van der Waals surface area contributed by atoms with Gasteiger partial charge in [-0.3, -0.25) is 9.88 Å². The predicted molar refractivity (Wildman–Crippen MR) is 85.4 cm³/mol. The van der Waals surface area contributed by atoms with Gasteiger partial charge < -0.3 is 9.15 Å². The van der Waals surface area contributed by atoms with E-state index in [2.05, 4.69) is 28.9 Å². The van der Waals surface area contributed by atoms with Crippen molar-refractivity contribution in [1.29, 1.82) is 0 Å². The van der Waals surface area contributed by atoms with Gasteiger partial charge in [-0.15, -0.1) is 0 Å². The highest BCUT2D eigenvalue weighted by Crippen LogP contribution is 2.18. The molecule has 2 aromatic heterocycles. The van der Waals surface area contributed by atoms with Gasteiger partial charge in [-0.25, -0.2) is 0 Å². The molecule has 0 aromatic carbocycles. The molecule has 0 atom stereocenters. The Kier molecular flexibility index (Phi) is 5.24. The maximum Gasteiger partial charge on any atom is 0.118 e. The Bertz CT molecular complexity index is 559. The van der Waals surface area contributed by atoms with Gasteiger partial charge in [-0.1, -0.05) is 13.0 Å². The Morgan fingerprint density at radius 2 is 2.00 bits per heavy atom. The minimum atomic E-state index is 0.348. The lowest BCUT2D eigenvalue weighted by molar-refractivity contribution is -0.00630. The second-order valence-corrected chi connectivity index (χ2v) is 5.83. The van der Waals surface area contributed by atoms with Crippen LogP contribution in [0.5, 0.6) is 0 Å². The molecule has 1 aliphatic heterocycles. The molecule has 0 radical (unpaired) electrons. The fourth-order valence-electron chi connectivity index (χ4n) is 2.84. The third-order valence-corrected chi connectivity index (χ3v) is 4.17. The summed E-state index contributed by atoms with van der Waals surface area (Å²) in [6.45, 7) is 5.77. The molecule has 0 bridgehead atoms. The zero-order valence-corrected chi connectivity index (χ0v) is 13.2. The van der Waals surface area contributed by atoms with Crippen molar-refractivity contribution >= 4 is 0 Å². The summed E-state index contributed by atoms with van der Waals surface area (Å²) in [6.07, 6.45) is 5.28. The van der Waals surface area contributed by atoms with E-state index in [0.29, 0.717) is 12.7 Å². The van der Waals surface area contributed by atoms with Crippen molar-refractivity contribution in [3.63, 3.8) is 0 Å². The smallest absolute Gasteiger partial charge is 0.118 e. The van der Waals surface area contributed by atoms with Crippen LogP contribution in [0.15, 0.2) is 40.9 Å². The molecule has 1 saturated heterocycles. The lowest BCUT2D eigenvalue weighted by atomic mass is 10.1. The first-order valence-corrected chi connectivity index (χ1v) is 8.15. The summed E-state index contributed by atoms with van der Waals surface area (Å²) >= 11 is 0. The molecule has 1 aliphatic rings. The highest BCUT2D eigenvalue weighted by atomic mass is 16.5. The standard InChI is InChI=1S/C18H24N2O2/c1-2-16-6-7-18(22-16)13-20-11-8-17(9-12-20)21-14-15-5-3-4-10-19-15/h3-7,10,17H,2,8-9,11-14H2,1H3. The zero-order valence-electron chi connectivity index (χ0n) is 13.2. The van der Waals surface area contributed by atoms with Gasteiger partial charge in [0, 0.05) is 25.7 Å². The van der Waals surface area contributed by atoms with E-state index >= 15 is 0 Å².